The quantitative estimate of drug-likeness (QED) is 0.716. The number of hydrogen-bond acceptors (Lipinski definition) is 5. The van der Waals surface area contributed by atoms with Crippen LogP contribution in [0.5, 0.6) is 5.75 Å². The zero-order valence-electron chi connectivity index (χ0n) is 12.3. The zero-order valence-corrected chi connectivity index (χ0v) is 13.9. The molecular weight excluding hydrogens is 350 g/mol. The number of primary sulfonamides is 1. The van der Waals surface area contributed by atoms with E-state index in [4.69, 9.17) is 9.32 Å². The molecule has 124 valence electrons. The fourth-order valence-corrected chi connectivity index (χ4v) is 3.75. The Bertz CT molecular complexity index is 1110. The van der Waals surface area contributed by atoms with Crippen molar-refractivity contribution < 1.29 is 21.0 Å². The maximum Gasteiger partial charge on any atom is 0.339 e. The fraction of sp³-hybridized carbons (Fsp3) is 0. The fourth-order valence-electron chi connectivity index (χ4n) is 2.24. The molecule has 0 amide bonds. The highest BCUT2D eigenvalue weighted by Gasteiger charge is 2.18. The lowest BCUT2D eigenvalue weighted by Gasteiger charge is -2.10. The molecule has 0 fully saturated rings. The number of fused-ring (bicyclic) bond motifs is 1. The Morgan fingerprint density at radius 3 is 2.12 bits per heavy atom. The van der Waals surface area contributed by atoms with E-state index in [0.717, 1.165) is 0 Å². The molecule has 0 saturated heterocycles. The van der Waals surface area contributed by atoms with Gasteiger partial charge in [-0.1, -0.05) is 30.3 Å². The second-order valence-electron chi connectivity index (χ2n) is 5.03. The molecule has 0 aliphatic rings. The van der Waals surface area contributed by atoms with Crippen molar-refractivity contribution in [3.8, 4) is 5.75 Å². The minimum atomic E-state index is -3.99. The van der Waals surface area contributed by atoms with Gasteiger partial charge in [0.15, 0.2) is 5.75 Å². The molecule has 0 heterocycles. The van der Waals surface area contributed by atoms with Crippen LogP contribution in [-0.2, 0) is 20.1 Å². The lowest BCUT2D eigenvalue weighted by Crippen LogP contribution is -2.12. The molecule has 0 radical (unpaired) electrons. The van der Waals surface area contributed by atoms with Gasteiger partial charge in [-0.15, -0.1) is 0 Å². The Kier molecular flexibility index (Phi) is 4.04. The van der Waals surface area contributed by atoms with Crippen molar-refractivity contribution in [3.63, 3.8) is 0 Å². The molecule has 0 unspecified atom stereocenters. The van der Waals surface area contributed by atoms with E-state index >= 15 is 0 Å². The van der Waals surface area contributed by atoms with Gasteiger partial charge in [0.2, 0.25) is 10.0 Å². The third kappa shape index (κ3) is 3.25. The molecule has 0 atom stereocenters. The van der Waals surface area contributed by atoms with Gasteiger partial charge in [0.1, 0.15) is 4.90 Å². The molecule has 0 aliphatic carbocycles. The number of nitrogens with two attached hydrogens (primary N) is 1. The van der Waals surface area contributed by atoms with E-state index < -0.39 is 20.1 Å². The highest BCUT2D eigenvalue weighted by atomic mass is 32.2. The minimum absolute atomic E-state index is 0.0307. The van der Waals surface area contributed by atoms with Crippen LogP contribution in [0.1, 0.15) is 0 Å². The first-order valence-electron chi connectivity index (χ1n) is 6.82. The first-order chi connectivity index (χ1) is 11.3. The van der Waals surface area contributed by atoms with Crippen LogP contribution in [0.4, 0.5) is 0 Å². The molecule has 8 heteroatoms. The molecule has 0 bridgehead atoms. The molecule has 6 nitrogen and oxygen atoms in total. The van der Waals surface area contributed by atoms with Gasteiger partial charge in [-0.25, -0.2) is 13.6 Å². The Morgan fingerprint density at radius 2 is 1.46 bits per heavy atom. The summed E-state index contributed by atoms with van der Waals surface area (Å²) in [5, 5.41) is 6.07. The van der Waals surface area contributed by atoms with Gasteiger partial charge in [-0.05, 0) is 41.8 Å². The van der Waals surface area contributed by atoms with E-state index in [1.165, 1.54) is 36.4 Å². The van der Waals surface area contributed by atoms with E-state index in [9.17, 15) is 16.8 Å². The van der Waals surface area contributed by atoms with Crippen molar-refractivity contribution in [2.75, 3.05) is 0 Å². The van der Waals surface area contributed by atoms with Gasteiger partial charge in [0.05, 0.1) is 4.90 Å². The second-order valence-corrected chi connectivity index (χ2v) is 8.14. The predicted octanol–water partition coefficient (Wildman–Crippen LogP) is 2.25. The predicted molar refractivity (Wildman–Crippen MR) is 89.6 cm³/mol. The number of rotatable bonds is 4. The topological polar surface area (TPSA) is 104 Å². The van der Waals surface area contributed by atoms with E-state index in [1.54, 1.807) is 30.3 Å². The molecule has 24 heavy (non-hydrogen) atoms. The molecule has 0 aromatic heterocycles. The molecular formula is C16H13NO5S2. The van der Waals surface area contributed by atoms with Crippen LogP contribution in [-0.4, -0.2) is 16.8 Å². The lowest BCUT2D eigenvalue weighted by molar-refractivity contribution is 0.488. The van der Waals surface area contributed by atoms with Crippen LogP contribution in [0.25, 0.3) is 10.8 Å². The Morgan fingerprint density at radius 1 is 0.750 bits per heavy atom. The first-order valence-corrected chi connectivity index (χ1v) is 9.78. The average Bonchev–Trinajstić information content (AvgIpc) is 2.54. The standard InChI is InChI=1S/C16H13NO5S2/c17-23(18,19)14-9-10-15-12(11-14)5-4-8-16(15)22-24(20,21)13-6-2-1-3-7-13/h1-11H,(H2,17,18,19). The van der Waals surface area contributed by atoms with Crippen molar-refractivity contribution in [2.24, 2.45) is 5.14 Å². The van der Waals surface area contributed by atoms with Crippen molar-refractivity contribution in [1.82, 2.24) is 0 Å². The zero-order chi connectivity index (χ0) is 17.4. The lowest BCUT2D eigenvalue weighted by atomic mass is 10.1. The average molecular weight is 363 g/mol. The SMILES string of the molecule is NS(=O)(=O)c1ccc2c(OS(=O)(=O)c3ccccc3)cccc2c1. The minimum Gasteiger partial charge on any atom is -0.378 e. The van der Waals surface area contributed by atoms with E-state index in [0.29, 0.717) is 10.8 Å². The largest absolute Gasteiger partial charge is 0.378 e. The van der Waals surface area contributed by atoms with Crippen molar-refractivity contribution in [3.05, 3.63) is 66.7 Å². The molecule has 2 N–H and O–H groups in total. The summed E-state index contributed by atoms with van der Waals surface area (Å²) in [6.45, 7) is 0. The van der Waals surface area contributed by atoms with Crippen molar-refractivity contribution in [1.29, 1.82) is 0 Å². The smallest absolute Gasteiger partial charge is 0.339 e. The maximum atomic E-state index is 12.3. The third-order valence-corrected chi connectivity index (χ3v) is 5.53. The van der Waals surface area contributed by atoms with Gasteiger partial charge in [-0.3, -0.25) is 0 Å². The summed E-state index contributed by atoms with van der Waals surface area (Å²) in [6.07, 6.45) is 0. The number of hydrogen-bond donors (Lipinski definition) is 1. The second kappa shape index (κ2) is 5.90. The highest BCUT2D eigenvalue weighted by Crippen LogP contribution is 2.29. The van der Waals surface area contributed by atoms with E-state index in [-0.39, 0.29) is 15.5 Å². The normalized spacial score (nSPS) is 12.2. The maximum absolute atomic E-state index is 12.3. The molecule has 3 rings (SSSR count). The third-order valence-electron chi connectivity index (χ3n) is 3.37. The van der Waals surface area contributed by atoms with Crippen LogP contribution < -0.4 is 9.32 Å². The summed E-state index contributed by atoms with van der Waals surface area (Å²) in [6, 6.07) is 16.6. The Labute approximate surface area is 139 Å². The van der Waals surface area contributed by atoms with Crippen LogP contribution in [0, 0.1) is 0 Å². The van der Waals surface area contributed by atoms with Crippen molar-refractivity contribution >= 4 is 30.9 Å². The Balaban J connectivity index is 2.08. The molecule has 0 aliphatic heterocycles. The van der Waals surface area contributed by atoms with Crippen LogP contribution >= 0.6 is 0 Å². The van der Waals surface area contributed by atoms with Crippen LogP contribution in [0.2, 0.25) is 0 Å². The first kappa shape index (κ1) is 16.4. The Hall–Kier alpha value is -2.42. The van der Waals surface area contributed by atoms with Crippen LogP contribution in [0.3, 0.4) is 0 Å². The summed E-state index contributed by atoms with van der Waals surface area (Å²) in [4.78, 5) is -0.0266. The van der Waals surface area contributed by atoms with E-state index in [1.807, 2.05) is 0 Å². The number of benzene rings is 3. The summed E-state index contributed by atoms with van der Waals surface area (Å²) >= 11 is 0. The van der Waals surface area contributed by atoms with Gasteiger partial charge < -0.3 is 4.18 Å². The van der Waals surface area contributed by atoms with Gasteiger partial charge in [-0.2, -0.15) is 8.42 Å². The van der Waals surface area contributed by atoms with E-state index in [2.05, 4.69) is 0 Å². The van der Waals surface area contributed by atoms with Gasteiger partial charge in [0, 0.05) is 5.39 Å². The number of sulfonamides is 1. The highest BCUT2D eigenvalue weighted by molar-refractivity contribution is 7.89. The molecule has 0 saturated carbocycles. The summed E-state index contributed by atoms with van der Waals surface area (Å²) in [5.41, 5.74) is 0. The van der Waals surface area contributed by atoms with Crippen LogP contribution in [0.15, 0.2) is 76.5 Å². The van der Waals surface area contributed by atoms with Crippen molar-refractivity contribution in [2.45, 2.75) is 9.79 Å². The monoisotopic (exact) mass is 363 g/mol. The van der Waals surface area contributed by atoms with Gasteiger partial charge in [0.25, 0.3) is 0 Å². The summed E-state index contributed by atoms with van der Waals surface area (Å²) in [5.74, 6) is 0.109. The van der Waals surface area contributed by atoms with Gasteiger partial charge >= 0.3 is 10.1 Å². The summed E-state index contributed by atoms with van der Waals surface area (Å²) < 4.78 is 52.7. The summed E-state index contributed by atoms with van der Waals surface area (Å²) in [7, 11) is -7.83. The molecule has 3 aromatic carbocycles. The molecule has 3 aromatic rings. The molecule has 0 spiro atoms.